The van der Waals surface area contributed by atoms with Crippen LogP contribution in [-0.4, -0.2) is 15.7 Å². The predicted molar refractivity (Wildman–Crippen MR) is 95.6 cm³/mol. The molecule has 2 aromatic carbocycles. The van der Waals surface area contributed by atoms with E-state index in [1.54, 1.807) is 38.1 Å². The third-order valence-corrected chi connectivity index (χ3v) is 4.42. The molecule has 0 fully saturated rings. The van der Waals surface area contributed by atoms with Crippen molar-refractivity contribution in [3.63, 3.8) is 0 Å². The molecule has 7 heteroatoms. The van der Waals surface area contributed by atoms with Gasteiger partial charge in [0, 0.05) is 0 Å². The third-order valence-electron chi connectivity index (χ3n) is 4.13. The standard InChI is InChI=1S/C19H16ClF2N3O/c1-11(13-7-8-16(21)15(20)9-13)24-19(26)14-10-23-25(12(14)2)18-6-4-3-5-17(18)22/h3-11H,1-2H3,(H,24,26). The number of carbonyl (C=O) groups is 1. The summed E-state index contributed by atoms with van der Waals surface area (Å²) >= 11 is 5.79. The van der Waals surface area contributed by atoms with Gasteiger partial charge in [-0.3, -0.25) is 4.79 Å². The van der Waals surface area contributed by atoms with E-state index in [0.29, 0.717) is 16.8 Å². The average Bonchev–Trinajstić information content (AvgIpc) is 2.99. The van der Waals surface area contributed by atoms with Crippen molar-refractivity contribution in [2.24, 2.45) is 0 Å². The van der Waals surface area contributed by atoms with Gasteiger partial charge in [0.1, 0.15) is 17.3 Å². The highest BCUT2D eigenvalue weighted by molar-refractivity contribution is 6.30. The van der Waals surface area contributed by atoms with Crippen LogP contribution in [0.5, 0.6) is 0 Å². The Kier molecular flexibility index (Phi) is 5.04. The van der Waals surface area contributed by atoms with Crippen molar-refractivity contribution in [1.82, 2.24) is 15.1 Å². The van der Waals surface area contributed by atoms with Crippen molar-refractivity contribution in [1.29, 1.82) is 0 Å². The number of aromatic nitrogens is 2. The highest BCUT2D eigenvalue weighted by atomic mass is 35.5. The maximum Gasteiger partial charge on any atom is 0.255 e. The number of halogens is 3. The summed E-state index contributed by atoms with van der Waals surface area (Å²) in [5.74, 6) is -1.31. The molecule has 1 atom stereocenters. The van der Waals surface area contributed by atoms with Crippen LogP contribution < -0.4 is 5.32 Å². The zero-order chi connectivity index (χ0) is 18.8. The Labute approximate surface area is 154 Å². The van der Waals surface area contributed by atoms with Gasteiger partial charge in [0.05, 0.1) is 28.5 Å². The fraction of sp³-hybridized carbons (Fsp3) is 0.158. The van der Waals surface area contributed by atoms with Crippen LogP contribution in [0.2, 0.25) is 5.02 Å². The van der Waals surface area contributed by atoms with Crippen LogP contribution in [0.1, 0.15) is 34.6 Å². The second-order valence-electron chi connectivity index (χ2n) is 5.88. The number of benzene rings is 2. The Bertz CT molecular complexity index is 971. The minimum absolute atomic E-state index is 0.00727. The Balaban J connectivity index is 1.82. The van der Waals surface area contributed by atoms with Crippen molar-refractivity contribution < 1.29 is 13.6 Å². The molecule has 4 nitrogen and oxygen atoms in total. The first kappa shape index (κ1) is 18.1. The number of nitrogens with one attached hydrogen (secondary N) is 1. The molecule has 0 aliphatic carbocycles. The number of hydrogen-bond donors (Lipinski definition) is 1. The van der Waals surface area contributed by atoms with Gasteiger partial charge in [-0.25, -0.2) is 13.5 Å². The summed E-state index contributed by atoms with van der Waals surface area (Å²) in [7, 11) is 0. The van der Waals surface area contributed by atoms with Gasteiger partial charge in [-0.1, -0.05) is 29.8 Å². The second-order valence-corrected chi connectivity index (χ2v) is 6.28. The Hall–Kier alpha value is -2.73. The topological polar surface area (TPSA) is 46.9 Å². The second kappa shape index (κ2) is 7.25. The minimum Gasteiger partial charge on any atom is -0.345 e. The lowest BCUT2D eigenvalue weighted by Crippen LogP contribution is -2.27. The highest BCUT2D eigenvalue weighted by Gasteiger charge is 2.19. The van der Waals surface area contributed by atoms with Gasteiger partial charge < -0.3 is 5.32 Å². The highest BCUT2D eigenvalue weighted by Crippen LogP contribution is 2.22. The van der Waals surface area contributed by atoms with E-state index in [0.717, 1.165) is 0 Å². The summed E-state index contributed by atoms with van der Waals surface area (Å²) in [5.41, 5.74) is 1.77. The van der Waals surface area contributed by atoms with Crippen molar-refractivity contribution >= 4 is 17.5 Å². The number of para-hydroxylation sites is 1. The Morgan fingerprint density at radius 2 is 1.92 bits per heavy atom. The smallest absolute Gasteiger partial charge is 0.255 e. The van der Waals surface area contributed by atoms with E-state index in [2.05, 4.69) is 10.4 Å². The molecule has 0 aliphatic heterocycles. The molecule has 0 radical (unpaired) electrons. The van der Waals surface area contributed by atoms with Crippen molar-refractivity contribution in [3.8, 4) is 5.69 Å². The van der Waals surface area contributed by atoms with Gasteiger partial charge in [0.25, 0.3) is 5.91 Å². The number of amides is 1. The van der Waals surface area contributed by atoms with E-state index in [1.165, 1.54) is 29.1 Å². The van der Waals surface area contributed by atoms with Gasteiger partial charge in [0.2, 0.25) is 0 Å². The van der Waals surface area contributed by atoms with Gasteiger partial charge in [-0.15, -0.1) is 0 Å². The van der Waals surface area contributed by atoms with Crippen LogP contribution in [0.25, 0.3) is 5.69 Å². The molecule has 1 aromatic heterocycles. The SMILES string of the molecule is Cc1c(C(=O)NC(C)c2ccc(F)c(Cl)c2)cnn1-c1ccccc1F. The minimum atomic E-state index is -0.518. The van der Waals surface area contributed by atoms with E-state index in [1.807, 2.05) is 0 Å². The van der Waals surface area contributed by atoms with E-state index in [4.69, 9.17) is 11.6 Å². The maximum absolute atomic E-state index is 14.0. The summed E-state index contributed by atoms with van der Waals surface area (Å²) in [6.45, 7) is 3.45. The van der Waals surface area contributed by atoms with Crippen molar-refractivity contribution in [2.45, 2.75) is 19.9 Å². The molecule has 0 bridgehead atoms. The van der Waals surface area contributed by atoms with Crippen molar-refractivity contribution in [2.75, 3.05) is 0 Å². The average molecular weight is 376 g/mol. The predicted octanol–water partition coefficient (Wildman–Crippen LogP) is 4.60. The Morgan fingerprint density at radius 1 is 1.19 bits per heavy atom. The summed E-state index contributed by atoms with van der Waals surface area (Å²) in [6.07, 6.45) is 1.39. The van der Waals surface area contributed by atoms with Crippen LogP contribution in [0.3, 0.4) is 0 Å². The summed E-state index contributed by atoms with van der Waals surface area (Å²) in [4.78, 5) is 12.6. The largest absolute Gasteiger partial charge is 0.345 e. The van der Waals surface area contributed by atoms with Gasteiger partial charge >= 0.3 is 0 Å². The molecule has 1 heterocycles. The summed E-state index contributed by atoms with van der Waals surface area (Å²) < 4.78 is 28.6. The van der Waals surface area contributed by atoms with Gasteiger partial charge in [0.15, 0.2) is 0 Å². The number of hydrogen-bond acceptors (Lipinski definition) is 2. The number of nitrogens with zero attached hydrogens (tertiary/aromatic N) is 2. The molecule has 1 amide bonds. The Morgan fingerprint density at radius 3 is 2.62 bits per heavy atom. The maximum atomic E-state index is 14.0. The van der Waals surface area contributed by atoms with Crippen LogP contribution >= 0.6 is 11.6 Å². The molecule has 3 rings (SSSR count). The quantitative estimate of drug-likeness (QED) is 0.724. The monoisotopic (exact) mass is 375 g/mol. The van der Waals surface area contributed by atoms with Crippen LogP contribution in [-0.2, 0) is 0 Å². The first-order valence-corrected chi connectivity index (χ1v) is 8.31. The van der Waals surface area contributed by atoms with Gasteiger partial charge in [-0.05, 0) is 43.7 Å². The van der Waals surface area contributed by atoms with E-state index in [9.17, 15) is 13.6 Å². The molecule has 134 valence electrons. The van der Waals surface area contributed by atoms with Crippen molar-refractivity contribution in [3.05, 3.63) is 82.1 Å². The first-order valence-electron chi connectivity index (χ1n) is 7.94. The third kappa shape index (κ3) is 3.46. The molecule has 1 unspecified atom stereocenters. The zero-order valence-electron chi connectivity index (χ0n) is 14.1. The van der Waals surface area contributed by atoms with E-state index >= 15 is 0 Å². The number of carbonyl (C=O) groups excluding carboxylic acids is 1. The fourth-order valence-corrected chi connectivity index (χ4v) is 2.83. The molecule has 0 aliphatic rings. The van der Waals surface area contributed by atoms with Gasteiger partial charge in [-0.2, -0.15) is 5.10 Å². The molecular weight excluding hydrogens is 360 g/mol. The lowest BCUT2D eigenvalue weighted by molar-refractivity contribution is 0.0939. The number of rotatable bonds is 4. The lowest BCUT2D eigenvalue weighted by atomic mass is 10.1. The molecule has 0 spiro atoms. The normalized spacial score (nSPS) is 12.0. The fourth-order valence-electron chi connectivity index (χ4n) is 2.64. The zero-order valence-corrected chi connectivity index (χ0v) is 14.9. The molecule has 1 N–H and O–H groups in total. The molecule has 0 saturated heterocycles. The molecule has 26 heavy (non-hydrogen) atoms. The summed E-state index contributed by atoms with van der Waals surface area (Å²) in [5, 5.41) is 6.92. The van der Waals surface area contributed by atoms with Crippen LogP contribution in [0, 0.1) is 18.6 Å². The molecule has 3 aromatic rings. The lowest BCUT2D eigenvalue weighted by Gasteiger charge is -2.15. The van der Waals surface area contributed by atoms with E-state index in [-0.39, 0.29) is 16.6 Å². The van der Waals surface area contributed by atoms with Crippen LogP contribution in [0.15, 0.2) is 48.7 Å². The van der Waals surface area contributed by atoms with Crippen LogP contribution in [0.4, 0.5) is 8.78 Å². The first-order chi connectivity index (χ1) is 12.4. The van der Waals surface area contributed by atoms with E-state index < -0.39 is 17.7 Å². The molecule has 0 saturated carbocycles. The molecular formula is C19H16ClF2N3O. The summed E-state index contributed by atoms with van der Waals surface area (Å²) in [6, 6.07) is 10.1.